The zero-order chi connectivity index (χ0) is 24.7. The van der Waals surface area contributed by atoms with Gasteiger partial charge in [0, 0.05) is 6.42 Å². The lowest BCUT2D eigenvalue weighted by Gasteiger charge is -2.08. The molecule has 0 unspecified atom stereocenters. The first kappa shape index (κ1) is 31.2. The van der Waals surface area contributed by atoms with Crippen LogP contribution in [0, 0.1) is 0 Å². The summed E-state index contributed by atoms with van der Waals surface area (Å²) in [5, 5.41) is 0. The molecule has 1 aromatic rings. The molecule has 0 N–H and O–H groups in total. The molecule has 34 heavy (non-hydrogen) atoms. The minimum atomic E-state index is 0.571. The van der Waals surface area contributed by atoms with Crippen LogP contribution in [0.25, 0.3) is 0 Å². The number of hydrogen-bond donors (Lipinski definition) is 0. The van der Waals surface area contributed by atoms with E-state index in [0.29, 0.717) is 6.04 Å². The molecule has 200 valence electrons. The molecule has 0 aliphatic heterocycles. The Labute approximate surface area is 215 Å². The van der Waals surface area contributed by atoms with Gasteiger partial charge in [-0.25, -0.2) is 9.13 Å². The Morgan fingerprint density at radius 2 is 0.941 bits per heavy atom. The van der Waals surface area contributed by atoms with Gasteiger partial charge in [0.15, 0.2) is 0 Å². The van der Waals surface area contributed by atoms with Gasteiger partial charge in [0.1, 0.15) is 12.4 Å². The van der Waals surface area contributed by atoms with Gasteiger partial charge in [-0.05, 0) is 33.1 Å². The molecule has 2 heteroatoms. The van der Waals surface area contributed by atoms with Gasteiger partial charge in [0.2, 0.25) is 0 Å². The van der Waals surface area contributed by atoms with Gasteiger partial charge in [0.05, 0.1) is 12.6 Å². The van der Waals surface area contributed by atoms with Crippen molar-refractivity contribution in [2.45, 2.75) is 188 Å². The highest BCUT2D eigenvalue weighted by Crippen LogP contribution is 2.15. The molecular weight excluding hydrogens is 412 g/mol. The first-order valence-electron chi connectivity index (χ1n) is 15.8. The second kappa shape index (κ2) is 22.7. The predicted molar refractivity (Wildman–Crippen MR) is 152 cm³/mol. The summed E-state index contributed by atoms with van der Waals surface area (Å²) < 4.78 is 5.08. The SMILES string of the molecule is CCCCCCCCCCCCCCCCC[n+]1ccn(C(C)C)c1CCCCCCCCC. The van der Waals surface area contributed by atoms with Crippen LogP contribution in [-0.4, -0.2) is 4.57 Å². The Balaban J connectivity index is 2.08. The first-order valence-corrected chi connectivity index (χ1v) is 15.8. The van der Waals surface area contributed by atoms with Crippen molar-refractivity contribution < 1.29 is 4.57 Å². The molecule has 0 aromatic carbocycles. The Kier molecular flexibility index (Phi) is 20.8. The van der Waals surface area contributed by atoms with Crippen molar-refractivity contribution in [1.29, 1.82) is 0 Å². The van der Waals surface area contributed by atoms with Crippen LogP contribution in [-0.2, 0) is 13.0 Å². The molecule has 1 aromatic heterocycles. The fraction of sp³-hybridized carbons (Fsp3) is 0.906. The molecule has 0 bridgehead atoms. The summed E-state index contributed by atoms with van der Waals surface area (Å²) in [6.07, 6.45) is 37.3. The molecule has 2 nitrogen and oxygen atoms in total. The summed E-state index contributed by atoms with van der Waals surface area (Å²) in [7, 11) is 0. The highest BCUT2D eigenvalue weighted by atomic mass is 15.2. The van der Waals surface area contributed by atoms with Crippen LogP contribution in [0.3, 0.4) is 0 Å². The molecule has 0 amide bonds. The lowest BCUT2D eigenvalue weighted by molar-refractivity contribution is -0.704. The number of aromatic nitrogens is 2. The third-order valence-electron chi connectivity index (χ3n) is 7.60. The Hall–Kier alpha value is -0.790. The third kappa shape index (κ3) is 16.0. The van der Waals surface area contributed by atoms with Crippen molar-refractivity contribution in [3.63, 3.8) is 0 Å². The number of aryl methyl sites for hydroxylation is 1. The number of nitrogens with zero attached hydrogens (tertiary/aromatic N) is 2. The van der Waals surface area contributed by atoms with E-state index in [9.17, 15) is 0 Å². The Morgan fingerprint density at radius 1 is 0.559 bits per heavy atom. The molecule has 0 aliphatic carbocycles. The van der Waals surface area contributed by atoms with Gasteiger partial charge >= 0.3 is 0 Å². The maximum absolute atomic E-state index is 2.57. The van der Waals surface area contributed by atoms with E-state index in [1.165, 1.54) is 154 Å². The van der Waals surface area contributed by atoms with Crippen LogP contribution in [0.1, 0.15) is 181 Å². The fourth-order valence-electron chi connectivity index (χ4n) is 5.31. The normalized spacial score (nSPS) is 11.7. The van der Waals surface area contributed by atoms with Crippen molar-refractivity contribution in [2.75, 3.05) is 0 Å². The number of imidazole rings is 1. The second-order valence-corrected chi connectivity index (χ2v) is 11.2. The monoisotopic (exact) mass is 475 g/mol. The molecule has 0 aliphatic rings. The van der Waals surface area contributed by atoms with Crippen LogP contribution in [0.2, 0.25) is 0 Å². The van der Waals surface area contributed by atoms with Crippen molar-refractivity contribution in [3.8, 4) is 0 Å². The van der Waals surface area contributed by atoms with E-state index >= 15 is 0 Å². The highest BCUT2D eigenvalue weighted by Gasteiger charge is 2.18. The van der Waals surface area contributed by atoms with E-state index in [4.69, 9.17) is 0 Å². The lowest BCUT2D eigenvalue weighted by Crippen LogP contribution is -2.37. The predicted octanol–water partition coefficient (Wildman–Crippen LogP) is 10.5. The highest BCUT2D eigenvalue weighted by molar-refractivity contribution is 4.86. The van der Waals surface area contributed by atoms with Gasteiger partial charge in [-0.15, -0.1) is 0 Å². The first-order chi connectivity index (χ1) is 16.7. The van der Waals surface area contributed by atoms with E-state index in [1.54, 1.807) is 5.82 Å². The zero-order valence-corrected chi connectivity index (χ0v) is 24.1. The van der Waals surface area contributed by atoms with Crippen LogP contribution in [0.5, 0.6) is 0 Å². The van der Waals surface area contributed by atoms with E-state index in [1.807, 2.05) is 0 Å². The molecule has 0 spiro atoms. The Morgan fingerprint density at radius 3 is 1.35 bits per heavy atom. The maximum atomic E-state index is 2.57. The topological polar surface area (TPSA) is 8.81 Å². The summed E-state index contributed by atoms with van der Waals surface area (Å²) in [4.78, 5) is 0. The largest absolute Gasteiger partial charge is 0.256 e. The second-order valence-electron chi connectivity index (χ2n) is 11.2. The van der Waals surface area contributed by atoms with Gasteiger partial charge in [-0.2, -0.15) is 0 Å². The number of hydrogen-bond acceptors (Lipinski definition) is 0. The minimum Gasteiger partial charge on any atom is -0.234 e. The number of rotatable bonds is 25. The Bertz CT molecular complexity index is 545. The molecule has 0 fully saturated rings. The van der Waals surface area contributed by atoms with Crippen molar-refractivity contribution >= 4 is 0 Å². The van der Waals surface area contributed by atoms with Crippen LogP contribution >= 0.6 is 0 Å². The lowest BCUT2D eigenvalue weighted by atomic mass is 10.0. The summed E-state index contributed by atoms with van der Waals surface area (Å²) in [5.41, 5.74) is 0. The molecule has 0 atom stereocenters. The molecular formula is C32H63N2+. The zero-order valence-electron chi connectivity index (χ0n) is 24.1. The van der Waals surface area contributed by atoms with Gasteiger partial charge < -0.3 is 0 Å². The quantitative estimate of drug-likeness (QED) is 0.0981. The summed E-state index contributed by atoms with van der Waals surface area (Å²) in [5.74, 6) is 1.56. The third-order valence-corrected chi connectivity index (χ3v) is 7.60. The van der Waals surface area contributed by atoms with Crippen LogP contribution in [0.4, 0.5) is 0 Å². The van der Waals surface area contributed by atoms with Crippen molar-refractivity contribution in [1.82, 2.24) is 4.57 Å². The van der Waals surface area contributed by atoms with Gasteiger partial charge in [-0.1, -0.05) is 136 Å². The number of unbranched alkanes of at least 4 members (excludes halogenated alkanes) is 20. The van der Waals surface area contributed by atoms with Crippen LogP contribution in [0.15, 0.2) is 12.4 Å². The fourth-order valence-corrected chi connectivity index (χ4v) is 5.31. The minimum absolute atomic E-state index is 0.571. The smallest absolute Gasteiger partial charge is 0.234 e. The average molecular weight is 476 g/mol. The summed E-state index contributed by atoms with van der Waals surface area (Å²) in [6.45, 7) is 10.5. The summed E-state index contributed by atoms with van der Waals surface area (Å²) >= 11 is 0. The molecule has 1 heterocycles. The molecule has 0 saturated heterocycles. The van der Waals surface area contributed by atoms with Gasteiger partial charge in [-0.3, -0.25) is 0 Å². The molecule has 0 radical (unpaired) electrons. The van der Waals surface area contributed by atoms with E-state index in [0.717, 1.165) is 0 Å². The van der Waals surface area contributed by atoms with Crippen LogP contribution < -0.4 is 4.57 Å². The molecule has 1 rings (SSSR count). The maximum Gasteiger partial charge on any atom is 0.256 e. The van der Waals surface area contributed by atoms with E-state index < -0.39 is 0 Å². The van der Waals surface area contributed by atoms with Crippen molar-refractivity contribution in [2.24, 2.45) is 0 Å². The van der Waals surface area contributed by atoms with Gasteiger partial charge in [0.25, 0.3) is 5.82 Å². The van der Waals surface area contributed by atoms with E-state index in [2.05, 4.69) is 49.2 Å². The van der Waals surface area contributed by atoms with E-state index in [-0.39, 0.29) is 0 Å². The molecule has 0 saturated carbocycles. The standard InChI is InChI=1S/C32H63N2/c1-5-7-9-11-13-14-15-16-17-18-19-20-22-24-26-28-33-29-30-34(31(3)4)32(33)27-25-23-21-12-10-8-6-2/h29-31H,5-28H2,1-4H3/q+1. The average Bonchev–Trinajstić information content (AvgIpc) is 3.24. The van der Waals surface area contributed by atoms with Crippen molar-refractivity contribution in [3.05, 3.63) is 18.2 Å². The summed E-state index contributed by atoms with van der Waals surface area (Å²) in [6, 6.07) is 0.571.